The second-order valence-electron chi connectivity index (χ2n) is 5.86. The molecule has 0 N–H and O–H groups in total. The molecule has 0 spiro atoms. The zero-order valence-electron chi connectivity index (χ0n) is 13.8. The van der Waals surface area contributed by atoms with Gasteiger partial charge in [-0.25, -0.2) is 8.42 Å². The average molecular weight is 354 g/mol. The van der Waals surface area contributed by atoms with Crippen molar-refractivity contribution in [2.45, 2.75) is 23.5 Å². The molecule has 4 nitrogen and oxygen atoms in total. The third-order valence-electron chi connectivity index (χ3n) is 4.06. The number of carbonyl (C=O) groups excluding carboxylic acids is 1. The minimum atomic E-state index is -3.72. The lowest BCUT2D eigenvalue weighted by Crippen LogP contribution is -2.17. The van der Waals surface area contributed by atoms with Crippen molar-refractivity contribution >= 4 is 15.6 Å². The normalized spacial score (nSPS) is 12.7. The Balaban J connectivity index is 2.01. The first-order chi connectivity index (χ1) is 12.0. The molecule has 0 aliphatic carbocycles. The van der Waals surface area contributed by atoms with Gasteiger partial charge in [-0.2, -0.15) is 0 Å². The van der Waals surface area contributed by atoms with Crippen molar-refractivity contribution in [3.63, 3.8) is 0 Å². The SMILES string of the molecule is Cc1ccc(S(=O)(=O)[C@@H](CC(=O)c2ccco2)c2ccccc2)cc1. The van der Waals surface area contributed by atoms with Gasteiger partial charge in [-0.05, 0) is 36.8 Å². The molecule has 0 saturated carbocycles. The fraction of sp³-hybridized carbons (Fsp3) is 0.150. The molecule has 0 aliphatic rings. The fourth-order valence-corrected chi connectivity index (χ4v) is 4.40. The molecule has 0 unspecified atom stereocenters. The van der Waals surface area contributed by atoms with E-state index < -0.39 is 15.1 Å². The number of aryl methyl sites for hydroxylation is 1. The van der Waals surface area contributed by atoms with Gasteiger partial charge in [-0.15, -0.1) is 0 Å². The van der Waals surface area contributed by atoms with E-state index in [2.05, 4.69) is 0 Å². The van der Waals surface area contributed by atoms with Gasteiger partial charge in [0.15, 0.2) is 21.4 Å². The average Bonchev–Trinajstić information content (AvgIpc) is 3.15. The summed E-state index contributed by atoms with van der Waals surface area (Å²) in [6, 6.07) is 18.6. The summed E-state index contributed by atoms with van der Waals surface area (Å²) < 4.78 is 31.5. The predicted octanol–water partition coefficient (Wildman–Crippen LogP) is 4.38. The lowest BCUT2D eigenvalue weighted by molar-refractivity contribution is 0.0954. The molecule has 25 heavy (non-hydrogen) atoms. The maximum absolute atomic E-state index is 13.2. The minimum absolute atomic E-state index is 0.167. The van der Waals surface area contributed by atoms with Crippen LogP contribution in [0.25, 0.3) is 0 Å². The summed E-state index contributed by atoms with van der Waals surface area (Å²) in [5.41, 5.74) is 1.56. The largest absolute Gasteiger partial charge is 0.461 e. The van der Waals surface area contributed by atoms with Crippen LogP contribution >= 0.6 is 0 Å². The molecule has 3 rings (SSSR count). The summed E-state index contributed by atoms with van der Waals surface area (Å²) >= 11 is 0. The highest BCUT2D eigenvalue weighted by atomic mass is 32.2. The molecule has 128 valence electrons. The van der Waals surface area contributed by atoms with Gasteiger partial charge in [0.2, 0.25) is 0 Å². The summed E-state index contributed by atoms with van der Waals surface area (Å²) in [4.78, 5) is 12.7. The number of carbonyl (C=O) groups is 1. The van der Waals surface area contributed by atoms with Crippen LogP contribution in [0.15, 0.2) is 82.3 Å². The molecule has 0 saturated heterocycles. The van der Waals surface area contributed by atoms with Crippen LogP contribution in [0.1, 0.15) is 33.4 Å². The molecule has 1 heterocycles. The van der Waals surface area contributed by atoms with Crippen LogP contribution in [-0.4, -0.2) is 14.2 Å². The molecule has 0 fully saturated rings. The molecular formula is C20H18O4S. The predicted molar refractivity (Wildman–Crippen MR) is 95.2 cm³/mol. The van der Waals surface area contributed by atoms with E-state index in [0.717, 1.165) is 5.56 Å². The van der Waals surface area contributed by atoms with Crippen LogP contribution in [0.4, 0.5) is 0 Å². The van der Waals surface area contributed by atoms with Crippen molar-refractivity contribution in [2.24, 2.45) is 0 Å². The van der Waals surface area contributed by atoms with Crippen molar-refractivity contribution in [1.82, 2.24) is 0 Å². The van der Waals surface area contributed by atoms with Gasteiger partial charge < -0.3 is 4.42 Å². The number of hydrogen-bond donors (Lipinski definition) is 0. The maximum atomic E-state index is 13.2. The van der Waals surface area contributed by atoms with Crippen molar-refractivity contribution in [1.29, 1.82) is 0 Å². The molecule has 1 aromatic heterocycles. The van der Waals surface area contributed by atoms with Gasteiger partial charge in [0.25, 0.3) is 0 Å². The van der Waals surface area contributed by atoms with E-state index in [-0.39, 0.29) is 22.9 Å². The van der Waals surface area contributed by atoms with Gasteiger partial charge in [-0.1, -0.05) is 48.0 Å². The van der Waals surface area contributed by atoms with Gasteiger partial charge >= 0.3 is 0 Å². The molecule has 5 heteroatoms. The Kier molecular flexibility index (Phi) is 4.86. The first-order valence-electron chi connectivity index (χ1n) is 7.90. The number of rotatable bonds is 6. The van der Waals surface area contributed by atoms with Crippen LogP contribution in [0.2, 0.25) is 0 Å². The summed E-state index contributed by atoms with van der Waals surface area (Å²) in [6.45, 7) is 1.89. The second-order valence-corrected chi connectivity index (χ2v) is 7.99. The van der Waals surface area contributed by atoms with Crippen LogP contribution in [0.3, 0.4) is 0 Å². The standard InChI is InChI=1S/C20H18O4S/c1-15-9-11-17(12-10-15)25(22,23)20(16-6-3-2-4-7-16)14-18(21)19-8-5-13-24-19/h2-13,20H,14H2,1H3/t20-/m0/s1. The number of Topliss-reactive ketones (excluding diaryl/α,β-unsaturated/α-hetero) is 1. The number of sulfone groups is 1. The van der Waals surface area contributed by atoms with E-state index in [0.29, 0.717) is 5.56 Å². The lowest BCUT2D eigenvalue weighted by Gasteiger charge is -2.17. The van der Waals surface area contributed by atoms with E-state index >= 15 is 0 Å². The monoisotopic (exact) mass is 354 g/mol. The highest BCUT2D eigenvalue weighted by Crippen LogP contribution is 2.33. The molecule has 0 amide bonds. The summed E-state index contributed by atoms with van der Waals surface area (Å²) in [5.74, 6) is -0.172. The number of benzene rings is 2. The second kappa shape index (κ2) is 7.07. The zero-order valence-corrected chi connectivity index (χ0v) is 14.6. The topological polar surface area (TPSA) is 64.3 Å². The van der Waals surface area contributed by atoms with Crippen LogP contribution < -0.4 is 0 Å². The van der Waals surface area contributed by atoms with E-state index in [9.17, 15) is 13.2 Å². The Hall–Kier alpha value is -2.66. The highest BCUT2D eigenvalue weighted by Gasteiger charge is 2.32. The van der Waals surface area contributed by atoms with Crippen molar-refractivity contribution < 1.29 is 17.6 Å². The molecule has 1 atom stereocenters. The Morgan fingerprint density at radius 3 is 2.24 bits per heavy atom. The van der Waals surface area contributed by atoms with E-state index in [1.54, 1.807) is 60.7 Å². The molecule has 2 aromatic carbocycles. The minimum Gasteiger partial charge on any atom is -0.461 e. The summed E-state index contributed by atoms with van der Waals surface area (Å²) in [7, 11) is -3.72. The maximum Gasteiger partial charge on any atom is 0.199 e. The van der Waals surface area contributed by atoms with Crippen LogP contribution in [0, 0.1) is 6.92 Å². The summed E-state index contributed by atoms with van der Waals surface area (Å²) in [5, 5.41) is -0.964. The van der Waals surface area contributed by atoms with E-state index in [1.165, 1.54) is 6.26 Å². The first kappa shape index (κ1) is 17.2. The summed E-state index contributed by atoms with van der Waals surface area (Å²) in [6.07, 6.45) is 1.23. The van der Waals surface area contributed by atoms with Crippen LogP contribution in [-0.2, 0) is 9.84 Å². The molecule has 0 radical (unpaired) electrons. The Morgan fingerprint density at radius 1 is 0.960 bits per heavy atom. The van der Waals surface area contributed by atoms with Crippen molar-refractivity contribution in [3.8, 4) is 0 Å². The number of hydrogen-bond acceptors (Lipinski definition) is 4. The van der Waals surface area contributed by atoms with Gasteiger partial charge in [-0.3, -0.25) is 4.79 Å². The van der Waals surface area contributed by atoms with Crippen molar-refractivity contribution in [3.05, 3.63) is 89.9 Å². The molecule has 3 aromatic rings. The van der Waals surface area contributed by atoms with Crippen molar-refractivity contribution in [2.75, 3.05) is 0 Å². The third-order valence-corrected chi connectivity index (χ3v) is 6.18. The Labute approximate surface area is 147 Å². The smallest absolute Gasteiger partial charge is 0.199 e. The number of furan rings is 1. The Bertz CT molecular complexity index is 941. The van der Waals surface area contributed by atoms with Gasteiger partial charge in [0.1, 0.15) is 0 Å². The molecular weight excluding hydrogens is 336 g/mol. The van der Waals surface area contributed by atoms with Gasteiger partial charge in [0, 0.05) is 6.42 Å². The van der Waals surface area contributed by atoms with E-state index in [1.807, 2.05) is 13.0 Å². The quantitative estimate of drug-likeness (QED) is 0.616. The van der Waals surface area contributed by atoms with E-state index in [4.69, 9.17) is 4.42 Å². The number of ketones is 1. The van der Waals surface area contributed by atoms with Gasteiger partial charge in [0.05, 0.1) is 16.4 Å². The first-order valence-corrected chi connectivity index (χ1v) is 9.45. The molecule has 0 bridgehead atoms. The highest BCUT2D eigenvalue weighted by molar-refractivity contribution is 7.91. The Morgan fingerprint density at radius 2 is 1.64 bits per heavy atom. The molecule has 0 aliphatic heterocycles. The fourth-order valence-electron chi connectivity index (χ4n) is 2.67. The zero-order chi connectivity index (χ0) is 17.9. The van der Waals surface area contributed by atoms with Crippen LogP contribution in [0.5, 0.6) is 0 Å². The third kappa shape index (κ3) is 3.72. The lowest BCUT2D eigenvalue weighted by atomic mass is 10.1.